The number of thiophene rings is 1. The fourth-order valence-corrected chi connectivity index (χ4v) is 4.04. The van der Waals surface area contributed by atoms with Crippen molar-refractivity contribution in [2.75, 3.05) is 23.9 Å². The fraction of sp³-hybridized carbons (Fsp3) is 0.500. The largest absolute Gasteiger partial charge is 0.396 e. The summed E-state index contributed by atoms with van der Waals surface area (Å²) in [6.45, 7) is 0.899. The molecule has 0 radical (unpaired) electrons. The third-order valence-electron chi connectivity index (χ3n) is 2.26. The zero-order valence-electron chi connectivity index (χ0n) is 10.4. The predicted octanol–water partition coefficient (Wildman–Crippen LogP) is 2.00. The molecule has 0 atom stereocenters. The Morgan fingerprint density at radius 1 is 1.47 bits per heavy atom. The van der Waals surface area contributed by atoms with Crippen molar-refractivity contribution in [2.24, 2.45) is 0 Å². The van der Waals surface area contributed by atoms with Gasteiger partial charge in [-0.3, -0.25) is 4.79 Å². The molecule has 0 saturated carbocycles. The van der Waals surface area contributed by atoms with Crippen LogP contribution >= 0.6 is 11.3 Å². The van der Waals surface area contributed by atoms with E-state index < -0.39 is 22.8 Å². The van der Waals surface area contributed by atoms with Gasteiger partial charge in [-0.2, -0.15) is 0 Å². The number of carbonyl (C=O) groups is 1. The van der Waals surface area contributed by atoms with Gasteiger partial charge in [-0.25, -0.2) is 17.2 Å². The molecule has 0 aromatic carbocycles. The monoisotopic (exact) mass is 312 g/mol. The first-order chi connectivity index (χ1) is 8.68. The first-order valence-corrected chi connectivity index (χ1v) is 8.06. The van der Waals surface area contributed by atoms with Crippen LogP contribution in [0.2, 0.25) is 0 Å². The summed E-state index contributed by atoms with van der Waals surface area (Å²) >= 11 is 0.790. The number of halogens is 2. The molecule has 0 unspecified atom stereocenters. The molecule has 5 nitrogen and oxygen atoms in total. The van der Waals surface area contributed by atoms with Gasteiger partial charge >= 0.3 is 0 Å². The lowest BCUT2D eigenvalue weighted by Crippen LogP contribution is -2.12. The number of sulfone groups is 1. The molecule has 0 amide bonds. The molecule has 0 aliphatic heterocycles. The van der Waals surface area contributed by atoms with Crippen molar-refractivity contribution < 1.29 is 22.0 Å². The molecule has 1 heterocycles. The molecular weight excluding hydrogens is 298 g/mol. The van der Waals surface area contributed by atoms with Crippen molar-refractivity contribution in [3.8, 4) is 0 Å². The molecular formula is C10H14F2N2O3S2. The van der Waals surface area contributed by atoms with Gasteiger partial charge in [-0.05, 0) is 0 Å². The van der Waals surface area contributed by atoms with E-state index in [0.29, 0.717) is 0 Å². The number of hydrogen-bond acceptors (Lipinski definition) is 6. The quantitative estimate of drug-likeness (QED) is 0.784. The van der Waals surface area contributed by atoms with Crippen LogP contribution in [0, 0.1) is 0 Å². The van der Waals surface area contributed by atoms with Crippen LogP contribution in [0.4, 0.5) is 19.5 Å². The Morgan fingerprint density at radius 2 is 2.05 bits per heavy atom. The molecule has 0 spiro atoms. The highest BCUT2D eigenvalue weighted by Crippen LogP contribution is 2.39. The zero-order chi connectivity index (χ0) is 14.8. The lowest BCUT2D eigenvalue weighted by molar-refractivity contribution is 0.0992. The van der Waals surface area contributed by atoms with Gasteiger partial charge in [0, 0.05) is 12.7 Å². The fourth-order valence-electron chi connectivity index (χ4n) is 1.45. The predicted molar refractivity (Wildman–Crippen MR) is 71.0 cm³/mol. The van der Waals surface area contributed by atoms with Crippen LogP contribution in [-0.2, 0) is 9.84 Å². The molecule has 1 rings (SSSR count). The van der Waals surface area contributed by atoms with Crippen molar-refractivity contribution >= 4 is 37.6 Å². The normalized spacial score (nSPS) is 11.8. The highest BCUT2D eigenvalue weighted by Gasteiger charge is 2.26. The summed E-state index contributed by atoms with van der Waals surface area (Å²) in [5, 5.41) is 2.30. The smallest absolute Gasteiger partial charge is 0.255 e. The average molecular weight is 312 g/mol. The molecule has 3 N–H and O–H groups in total. The van der Waals surface area contributed by atoms with Gasteiger partial charge in [-0.15, -0.1) is 11.3 Å². The van der Waals surface area contributed by atoms with Gasteiger partial charge in [0.2, 0.25) is 0 Å². The number of rotatable bonds is 6. The molecule has 0 fully saturated rings. The standard InChI is InChI=1S/C10H14F2N2O3S2/c1-3-5(15)8-7(13)9(19(2,16)17)10(18-8)14-4-6(11)12/h6,14H,3-4,13H2,1-2H3. The van der Waals surface area contributed by atoms with E-state index in [4.69, 9.17) is 5.73 Å². The summed E-state index contributed by atoms with van der Waals surface area (Å²) in [6, 6.07) is 0. The van der Waals surface area contributed by atoms with Crippen molar-refractivity contribution in [3.05, 3.63) is 4.88 Å². The molecule has 1 aromatic heterocycles. The van der Waals surface area contributed by atoms with Gasteiger partial charge in [0.05, 0.1) is 17.1 Å². The molecule has 0 aliphatic carbocycles. The summed E-state index contributed by atoms with van der Waals surface area (Å²) in [5.41, 5.74) is 5.49. The third kappa shape index (κ3) is 3.63. The maximum Gasteiger partial charge on any atom is 0.255 e. The molecule has 19 heavy (non-hydrogen) atoms. The van der Waals surface area contributed by atoms with E-state index in [0.717, 1.165) is 17.6 Å². The number of anilines is 2. The molecule has 1 aromatic rings. The number of nitrogen functional groups attached to an aromatic ring is 1. The minimum Gasteiger partial charge on any atom is -0.396 e. The summed E-state index contributed by atoms with van der Waals surface area (Å²) in [4.78, 5) is 11.4. The summed E-state index contributed by atoms with van der Waals surface area (Å²) in [7, 11) is -3.71. The van der Waals surface area contributed by atoms with Crippen LogP contribution in [0.3, 0.4) is 0 Å². The second kappa shape index (κ2) is 5.83. The molecule has 0 bridgehead atoms. The van der Waals surface area contributed by atoms with Crippen LogP contribution in [0.15, 0.2) is 4.90 Å². The third-order valence-corrected chi connectivity index (χ3v) is 4.76. The maximum atomic E-state index is 12.2. The zero-order valence-corrected chi connectivity index (χ0v) is 12.0. The number of ketones is 1. The van der Waals surface area contributed by atoms with Crippen LogP contribution < -0.4 is 11.1 Å². The lowest BCUT2D eigenvalue weighted by atomic mass is 10.2. The minimum absolute atomic E-state index is 0.0166. The Bertz CT molecular complexity index is 582. The maximum absolute atomic E-state index is 12.2. The Hall–Kier alpha value is -1.22. The van der Waals surface area contributed by atoms with E-state index in [-0.39, 0.29) is 32.7 Å². The molecule has 108 valence electrons. The highest BCUT2D eigenvalue weighted by molar-refractivity contribution is 7.91. The average Bonchev–Trinajstić information content (AvgIpc) is 2.62. The highest BCUT2D eigenvalue weighted by atomic mass is 32.2. The van der Waals surface area contributed by atoms with Crippen molar-refractivity contribution in [1.29, 1.82) is 0 Å². The van der Waals surface area contributed by atoms with Gasteiger partial charge in [-0.1, -0.05) is 6.92 Å². The number of alkyl halides is 2. The number of carbonyl (C=O) groups excluding carboxylic acids is 1. The van der Waals surface area contributed by atoms with Crippen molar-refractivity contribution in [3.63, 3.8) is 0 Å². The van der Waals surface area contributed by atoms with Crippen LogP contribution in [0.25, 0.3) is 0 Å². The number of nitrogens with one attached hydrogen (secondary N) is 1. The Morgan fingerprint density at radius 3 is 2.47 bits per heavy atom. The van der Waals surface area contributed by atoms with E-state index in [1.807, 2.05) is 0 Å². The SMILES string of the molecule is CCC(=O)c1sc(NCC(F)F)c(S(C)(=O)=O)c1N. The summed E-state index contributed by atoms with van der Waals surface area (Å²) < 4.78 is 47.6. The van der Waals surface area contributed by atoms with Crippen molar-refractivity contribution in [1.82, 2.24) is 0 Å². The van der Waals surface area contributed by atoms with E-state index in [9.17, 15) is 22.0 Å². The Kier molecular flexibility index (Phi) is 4.86. The van der Waals surface area contributed by atoms with Crippen LogP contribution in [0.5, 0.6) is 0 Å². The van der Waals surface area contributed by atoms with Gasteiger partial charge in [0.15, 0.2) is 15.6 Å². The topological polar surface area (TPSA) is 89.3 Å². The number of nitrogens with two attached hydrogens (primary N) is 1. The number of Topliss-reactive ketones (excluding diaryl/α,β-unsaturated/α-hetero) is 1. The van der Waals surface area contributed by atoms with Crippen LogP contribution in [-0.4, -0.2) is 33.4 Å². The first kappa shape index (κ1) is 15.8. The summed E-state index contributed by atoms with van der Waals surface area (Å²) in [6.07, 6.45) is -1.57. The van der Waals surface area contributed by atoms with E-state index in [1.165, 1.54) is 0 Å². The van der Waals surface area contributed by atoms with E-state index in [2.05, 4.69) is 5.32 Å². The second-order valence-electron chi connectivity index (χ2n) is 3.82. The van der Waals surface area contributed by atoms with E-state index >= 15 is 0 Å². The Balaban J connectivity index is 3.32. The van der Waals surface area contributed by atoms with Crippen molar-refractivity contribution in [2.45, 2.75) is 24.7 Å². The molecule has 0 aliphatic rings. The molecule has 9 heteroatoms. The van der Waals surface area contributed by atoms with Gasteiger partial charge < -0.3 is 11.1 Å². The number of hydrogen-bond donors (Lipinski definition) is 2. The lowest BCUT2D eigenvalue weighted by Gasteiger charge is -2.05. The van der Waals surface area contributed by atoms with Crippen LogP contribution in [0.1, 0.15) is 23.0 Å². The van der Waals surface area contributed by atoms with Gasteiger partial charge in [0.25, 0.3) is 6.43 Å². The second-order valence-corrected chi connectivity index (χ2v) is 6.80. The minimum atomic E-state index is -3.71. The first-order valence-electron chi connectivity index (χ1n) is 5.36. The van der Waals surface area contributed by atoms with E-state index in [1.54, 1.807) is 6.92 Å². The Labute approximate surface area is 113 Å². The summed E-state index contributed by atoms with van der Waals surface area (Å²) in [5.74, 6) is -0.322. The molecule has 0 saturated heterocycles. The van der Waals surface area contributed by atoms with Gasteiger partial charge in [0.1, 0.15) is 9.90 Å².